The van der Waals surface area contributed by atoms with Crippen LogP contribution in [0, 0.1) is 5.92 Å². The van der Waals surface area contributed by atoms with Gasteiger partial charge in [0.15, 0.2) is 0 Å². The Morgan fingerprint density at radius 2 is 1.94 bits per heavy atom. The number of rotatable bonds is 3. The lowest BCUT2D eigenvalue weighted by Gasteiger charge is -2.23. The van der Waals surface area contributed by atoms with Crippen LogP contribution in [0.3, 0.4) is 0 Å². The second-order valence-corrected chi connectivity index (χ2v) is 6.07. The van der Waals surface area contributed by atoms with Crippen LogP contribution in [0.15, 0.2) is 24.3 Å². The lowest BCUT2D eigenvalue weighted by molar-refractivity contribution is 0.251. The minimum Gasteiger partial charge on any atom is -0.338 e. The Hall–Kier alpha value is -1.51. The standard InChI is InChI=1S/C15H22N2O/c1-15(2,3)12-6-4-5-7-13(12)17-14(18)16-10-11-8-9-11/h4-7,11H,8-10H2,1-3H3,(H2,16,17,18). The van der Waals surface area contributed by atoms with Gasteiger partial charge in [-0.15, -0.1) is 0 Å². The minimum absolute atomic E-state index is 0.0281. The number of anilines is 1. The van der Waals surface area contributed by atoms with Crippen molar-refractivity contribution in [3.05, 3.63) is 29.8 Å². The Morgan fingerprint density at radius 3 is 2.56 bits per heavy atom. The van der Waals surface area contributed by atoms with Gasteiger partial charge in [-0.25, -0.2) is 4.79 Å². The fraction of sp³-hybridized carbons (Fsp3) is 0.533. The quantitative estimate of drug-likeness (QED) is 0.841. The highest BCUT2D eigenvalue weighted by Gasteiger charge is 2.22. The average molecular weight is 246 g/mol. The summed E-state index contributed by atoms with van der Waals surface area (Å²) in [6.07, 6.45) is 2.50. The summed E-state index contributed by atoms with van der Waals surface area (Å²) in [6.45, 7) is 7.24. The van der Waals surface area contributed by atoms with Gasteiger partial charge < -0.3 is 10.6 Å². The second kappa shape index (κ2) is 5.01. The van der Waals surface area contributed by atoms with Crippen LogP contribution in [0.4, 0.5) is 10.5 Å². The van der Waals surface area contributed by atoms with E-state index in [0.717, 1.165) is 17.8 Å². The van der Waals surface area contributed by atoms with E-state index in [9.17, 15) is 4.79 Å². The molecule has 1 aromatic rings. The zero-order valence-corrected chi connectivity index (χ0v) is 11.4. The van der Waals surface area contributed by atoms with Gasteiger partial charge in [0, 0.05) is 12.2 Å². The molecule has 0 unspecified atom stereocenters. The number of nitrogens with one attached hydrogen (secondary N) is 2. The van der Waals surface area contributed by atoms with E-state index in [-0.39, 0.29) is 11.4 Å². The van der Waals surface area contributed by atoms with Gasteiger partial charge in [0.1, 0.15) is 0 Å². The Labute approximate surface area is 109 Å². The first kappa shape index (κ1) is 12.9. The summed E-state index contributed by atoms with van der Waals surface area (Å²) in [5, 5.41) is 5.87. The fourth-order valence-corrected chi connectivity index (χ4v) is 1.97. The zero-order chi connectivity index (χ0) is 13.2. The van der Waals surface area contributed by atoms with Crippen LogP contribution >= 0.6 is 0 Å². The topological polar surface area (TPSA) is 41.1 Å². The van der Waals surface area contributed by atoms with E-state index < -0.39 is 0 Å². The van der Waals surface area contributed by atoms with Crippen molar-refractivity contribution in [1.82, 2.24) is 5.32 Å². The van der Waals surface area contributed by atoms with Gasteiger partial charge in [0.2, 0.25) is 0 Å². The monoisotopic (exact) mass is 246 g/mol. The van der Waals surface area contributed by atoms with Gasteiger partial charge >= 0.3 is 6.03 Å². The van der Waals surface area contributed by atoms with Crippen molar-refractivity contribution >= 4 is 11.7 Å². The van der Waals surface area contributed by atoms with Crippen molar-refractivity contribution in [3.63, 3.8) is 0 Å². The predicted octanol–water partition coefficient (Wildman–Crippen LogP) is 3.52. The van der Waals surface area contributed by atoms with Crippen molar-refractivity contribution in [2.75, 3.05) is 11.9 Å². The van der Waals surface area contributed by atoms with Crippen LogP contribution < -0.4 is 10.6 Å². The van der Waals surface area contributed by atoms with Crippen LogP contribution in [0.5, 0.6) is 0 Å². The number of carbonyl (C=O) groups excluding carboxylic acids is 1. The maximum absolute atomic E-state index is 11.8. The molecular weight excluding hydrogens is 224 g/mol. The molecule has 3 nitrogen and oxygen atoms in total. The van der Waals surface area contributed by atoms with E-state index in [2.05, 4.69) is 37.5 Å². The van der Waals surface area contributed by atoms with Gasteiger partial charge in [-0.2, -0.15) is 0 Å². The van der Waals surface area contributed by atoms with E-state index in [0.29, 0.717) is 5.92 Å². The number of benzene rings is 1. The Morgan fingerprint density at radius 1 is 1.28 bits per heavy atom. The molecule has 1 aliphatic rings. The van der Waals surface area contributed by atoms with Crippen molar-refractivity contribution in [2.24, 2.45) is 5.92 Å². The number of para-hydroxylation sites is 1. The molecule has 98 valence electrons. The van der Waals surface area contributed by atoms with Crippen molar-refractivity contribution < 1.29 is 4.79 Å². The van der Waals surface area contributed by atoms with E-state index in [4.69, 9.17) is 0 Å². The molecule has 2 amide bonds. The number of hydrogen-bond acceptors (Lipinski definition) is 1. The molecule has 0 heterocycles. The molecule has 2 rings (SSSR count). The van der Waals surface area contributed by atoms with Gasteiger partial charge in [-0.3, -0.25) is 0 Å². The highest BCUT2D eigenvalue weighted by molar-refractivity contribution is 5.90. The van der Waals surface area contributed by atoms with Gasteiger partial charge in [0.25, 0.3) is 0 Å². The number of carbonyl (C=O) groups is 1. The molecule has 0 radical (unpaired) electrons. The molecule has 0 spiro atoms. The normalized spacial score (nSPS) is 15.3. The third kappa shape index (κ3) is 3.49. The molecule has 0 aromatic heterocycles. The zero-order valence-electron chi connectivity index (χ0n) is 11.4. The maximum Gasteiger partial charge on any atom is 0.319 e. The second-order valence-electron chi connectivity index (χ2n) is 6.07. The average Bonchev–Trinajstić information content (AvgIpc) is 3.09. The summed E-state index contributed by atoms with van der Waals surface area (Å²) < 4.78 is 0. The molecule has 1 fully saturated rings. The third-order valence-electron chi connectivity index (χ3n) is 3.23. The Bertz CT molecular complexity index is 430. The highest BCUT2D eigenvalue weighted by Crippen LogP contribution is 2.29. The van der Waals surface area contributed by atoms with Crippen LogP contribution in [0.1, 0.15) is 39.2 Å². The Balaban J connectivity index is 2.01. The first-order valence-corrected chi connectivity index (χ1v) is 6.61. The van der Waals surface area contributed by atoms with Crippen molar-refractivity contribution in [1.29, 1.82) is 0 Å². The highest BCUT2D eigenvalue weighted by atomic mass is 16.2. The fourth-order valence-electron chi connectivity index (χ4n) is 1.97. The lowest BCUT2D eigenvalue weighted by atomic mass is 9.86. The van der Waals surface area contributed by atoms with Crippen molar-refractivity contribution in [3.8, 4) is 0 Å². The SMILES string of the molecule is CC(C)(C)c1ccccc1NC(=O)NCC1CC1. The number of hydrogen-bond donors (Lipinski definition) is 2. The van der Waals surface area contributed by atoms with Gasteiger partial charge in [-0.05, 0) is 35.8 Å². The van der Waals surface area contributed by atoms with Crippen LogP contribution in [0.2, 0.25) is 0 Å². The third-order valence-corrected chi connectivity index (χ3v) is 3.23. The van der Waals surface area contributed by atoms with E-state index in [1.165, 1.54) is 12.8 Å². The molecule has 1 aliphatic carbocycles. The van der Waals surface area contributed by atoms with Crippen LogP contribution in [-0.4, -0.2) is 12.6 Å². The maximum atomic E-state index is 11.8. The van der Waals surface area contributed by atoms with Crippen molar-refractivity contribution in [2.45, 2.75) is 39.0 Å². The summed E-state index contributed by atoms with van der Waals surface area (Å²) in [4.78, 5) is 11.8. The molecular formula is C15H22N2O. The Kier molecular flexibility index (Phi) is 3.60. The summed E-state index contributed by atoms with van der Waals surface area (Å²) in [7, 11) is 0. The molecule has 0 atom stereocenters. The lowest BCUT2D eigenvalue weighted by Crippen LogP contribution is -2.31. The summed E-state index contributed by atoms with van der Waals surface area (Å²) in [5.41, 5.74) is 2.09. The molecule has 1 aromatic carbocycles. The summed E-state index contributed by atoms with van der Waals surface area (Å²) in [6, 6.07) is 7.88. The predicted molar refractivity (Wildman–Crippen MR) is 74.9 cm³/mol. The molecule has 0 bridgehead atoms. The summed E-state index contributed by atoms with van der Waals surface area (Å²) >= 11 is 0. The van der Waals surface area contributed by atoms with E-state index >= 15 is 0 Å². The summed E-state index contributed by atoms with van der Waals surface area (Å²) in [5.74, 6) is 0.702. The smallest absolute Gasteiger partial charge is 0.319 e. The van der Waals surface area contributed by atoms with E-state index in [1.807, 2.05) is 18.2 Å². The molecule has 0 saturated heterocycles. The van der Waals surface area contributed by atoms with Crippen LogP contribution in [-0.2, 0) is 5.41 Å². The number of urea groups is 1. The molecule has 3 heteroatoms. The number of amides is 2. The molecule has 1 saturated carbocycles. The van der Waals surface area contributed by atoms with Gasteiger partial charge in [-0.1, -0.05) is 39.0 Å². The largest absolute Gasteiger partial charge is 0.338 e. The first-order chi connectivity index (χ1) is 8.47. The first-order valence-electron chi connectivity index (χ1n) is 6.61. The van der Waals surface area contributed by atoms with E-state index in [1.54, 1.807) is 0 Å². The van der Waals surface area contributed by atoms with Crippen LogP contribution in [0.25, 0.3) is 0 Å². The minimum atomic E-state index is -0.0985. The molecule has 2 N–H and O–H groups in total. The molecule has 0 aliphatic heterocycles. The molecule has 18 heavy (non-hydrogen) atoms. The van der Waals surface area contributed by atoms with Gasteiger partial charge in [0.05, 0.1) is 0 Å².